The molecule has 0 N–H and O–H groups in total. The topological polar surface area (TPSA) is 59.1 Å². The van der Waals surface area contributed by atoms with Crippen LogP contribution in [-0.2, 0) is 0 Å². The summed E-state index contributed by atoms with van der Waals surface area (Å²) in [5.74, 6) is 1.24. The first kappa shape index (κ1) is 17.4. The zero-order valence-electron chi connectivity index (χ0n) is 15.5. The average Bonchev–Trinajstić information content (AvgIpc) is 3.17. The number of piperazine rings is 1. The number of hydrogen-bond donors (Lipinski definition) is 0. The summed E-state index contributed by atoms with van der Waals surface area (Å²) in [6, 6.07) is 11.0. The van der Waals surface area contributed by atoms with Gasteiger partial charge in [-0.25, -0.2) is 0 Å². The second kappa shape index (κ2) is 6.95. The number of hydrogen-bond acceptors (Lipinski definition) is 4. The Morgan fingerprint density at radius 2 is 1.30 bits per heavy atom. The first-order valence-electron chi connectivity index (χ1n) is 9.08. The van der Waals surface area contributed by atoms with Crippen LogP contribution in [0.2, 0.25) is 0 Å². The van der Waals surface area contributed by atoms with Crippen molar-refractivity contribution in [1.29, 1.82) is 0 Å². The van der Waals surface area contributed by atoms with Gasteiger partial charge in [0.2, 0.25) is 6.79 Å². The molecule has 0 atom stereocenters. The number of benzene rings is 2. The Bertz CT molecular complexity index is 901. The average molecular weight is 366 g/mol. The first-order chi connectivity index (χ1) is 13.0. The lowest BCUT2D eigenvalue weighted by Gasteiger charge is -2.35. The minimum Gasteiger partial charge on any atom is -0.454 e. The summed E-state index contributed by atoms with van der Waals surface area (Å²) in [7, 11) is 0. The van der Waals surface area contributed by atoms with Crippen LogP contribution < -0.4 is 9.47 Å². The SMILES string of the molecule is Cc1ccc(C(=O)N2CCN(C(=O)c3ccc4c(c3)OCO4)CC2)cc1C. The molecule has 6 nitrogen and oxygen atoms in total. The van der Waals surface area contributed by atoms with E-state index in [1.165, 1.54) is 5.56 Å². The maximum atomic E-state index is 12.8. The summed E-state index contributed by atoms with van der Waals surface area (Å²) in [6.45, 7) is 6.32. The zero-order chi connectivity index (χ0) is 19.0. The number of carbonyl (C=O) groups excluding carboxylic acids is 2. The fourth-order valence-corrected chi connectivity index (χ4v) is 3.38. The number of nitrogens with zero attached hydrogens (tertiary/aromatic N) is 2. The highest BCUT2D eigenvalue weighted by Crippen LogP contribution is 2.32. The molecule has 1 saturated heterocycles. The Kier molecular flexibility index (Phi) is 4.48. The van der Waals surface area contributed by atoms with E-state index in [1.54, 1.807) is 23.1 Å². The number of carbonyl (C=O) groups is 2. The minimum atomic E-state index is -0.0495. The molecule has 0 aliphatic carbocycles. The molecule has 2 heterocycles. The molecule has 2 aromatic rings. The molecule has 27 heavy (non-hydrogen) atoms. The third-order valence-electron chi connectivity index (χ3n) is 5.23. The maximum absolute atomic E-state index is 12.8. The van der Waals surface area contributed by atoms with Gasteiger partial charge in [0.15, 0.2) is 11.5 Å². The fraction of sp³-hybridized carbons (Fsp3) is 0.333. The largest absolute Gasteiger partial charge is 0.454 e. The normalized spacial score (nSPS) is 15.8. The molecule has 0 unspecified atom stereocenters. The van der Waals surface area contributed by atoms with E-state index in [0.717, 1.165) is 5.56 Å². The van der Waals surface area contributed by atoms with Gasteiger partial charge in [-0.2, -0.15) is 0 Å². The quantitative estimate of drug-likeness (QED) is 0.820. The van der Waals surface area contributed by atoms with E-state index >= 15 is 0 Å². The van der Waals surface area contributed by atoms with Crippen molar-refractivity contribution < 1.29 is 19.1 Å². The molecule has 2 aromatic carbocycles. The maximum Gasteiger partial charge on any atom is 0.254 e. The van der Waals surface area contributed by atoms with Gasteiger partial charge in [0.1, 0.15) is 0 Å². The number of aryl methyl sites for hydroxylation is 2. The summed E-state index contributed by atoms with van der Waals surface area (Å²) in [6.07, 6.45) is 0. The molecule has 0 saturated carbocycles. The van der Waals surface area contributed by atoms with Crippen LogP contribution in [0.5, 0.6) is 11.5 Å². The number of fused-ring (bicyclic) bond motifs is 1. The van der Waals surface area contributed by atoms with Crippen LogP contribution in [0.15, 0.2) is 36.4 Å². The lowest BCUT2D eigenvalue weighted by atomic mass is 10.1. The second-order valence-electron chi connectivity index (χ2n) is 6.95. The predicted octanol–water partition coefficient (Wildman–Crippen LogP) is 2.63. The van der Waals surface area contributed by atoms with Crippen LogP contribution in [0, 0.1) is 13.8 Å². The van der Waals surface area contributed by atoms with Crippen molar-refractivity contribution >= 4 is 11.8 Å². The van der Waals surface area contributed by atoms with E-state index in [9.17, 15) is 9.59 Å². The molecule has 2 amide bonds. The Morgan fingerprint density at radius 3 is 1.93 bits per heavy atom. The van der Waals surface area contributed by atoms with Crippen LogP contribution in [0.25, 0.3) is 0 Å². The van der Waals surface area contributed by atoms with Crippen LogP contribution in [0.1, 0.15) is 31.8 Å². The predicted molar refractivity (Wildman–Crippen MR) is 100 cm³/mol. The molecule has 0 bridgehead atoms. The fourth-order valence-electron chi connectivity index (χ4n) is 3.38. The molecule has 0 spiro atoms. The molecule has 2 aliphatic heterocycles. The van der Waals surface area contributed by atoms with Crippen LogP contribution in [0.3, 0.4) is 0 Å². The highest BCUT2D eigenvalue weighted by Gasteiger charge is 2.26. The van der Waals surface area contributed by atoms with E-state index in [4.69, 9.17) is 9.47 Å². The van der Waals surface area contributed by atoms with Crippen LogP contribution in [-0.4, -0.2) is 54.6 Å². The molecular weight excluding hydrogens is 344 g/mol. The van der Waals surface area contributed by atoms with E-state index in [2.05, 4.69) is 0 Å². The molecule has 0 radical (unpaired) electrons. The number of ether oxygens (including phenoxy) is 2. The highest BCUT2D eigenvalue weighted by molar-refractivity contribution is 5.96. The van der Waals surface area contributed by atoms with Crippen molar-refractivity contribution in [3.63, 3.8) is 0 Å². The second-order valence-corrected chi connectivity index (χ2v) is 6.95. The minimum absolute atomic E-state index is 0.0216. The molecule has 0 aromatic heterocycles. The van der Waals surface area contributed by atoms with Gasteiger partial charge in [-0.3, -0.25) is 9.59 Å². The summed E-state index contributed by atoms with van der Waals surface area (Å²) in [4.78, 5) is 29.1. The van der Waals surface area contributed by atoms with Gasteiger partial charge < -0.3 is 19.3 Å². The summed E-state index contributed by atoms with van der Waals surface area (Å²) >= 11 is 0. The van der Waals surface area contributed by atoms with Crippen molar-refractivity contribution in [3.8, 4) is 11.5 Å². The molecule has 1 fully saturated rings. The molecular formula is C21H22N2O4. The van der Waals surface area contributed by atoms with E-state index < -0.39 is 0 Å². The summed E-state index contributed by atoms with van der Waals surface area (Å²) in [5, 5.41) is 0. The van der Waals surface area contributed by atoms with Gasteiger partial charge in [-0.05, 0) is 55.3 Å². The summed E-state index contributed by atoms with van der Waals surface area (Å²) in [5.41, 5.74) is 3.56. The van der Waals surface area contributed by atoms with Gasteiger partial charge in [0.05, 0.1) is 0 Å². The number of amides is 2. The summed E-state index contributed by atoms with van der Waals surface area (Å²) < 4.78 is 10.6. The van der Waals surface area contributed by atoms with Gasteiger partial charge in [-0.1, -0.05) is 6.07 Å². The smallest absolute Gasteiger partial charge is 0.254 e. The van der Waals surface area contributed by atoms with Crippen molar-refractivity contribution in [2.24, 2.45) is 0 Å². The Labute approximate surface area is 158 Å². The van der Waals surface area contributed by atoms with Crippen LogP contribution >= 0.6 is 0 Å². The van der Waals surface area contributed by atoms with E-state index in [1.807, 2.05) is 36.9 Å². The Balaban J connectivity index is 1.40. The molecule has 2 aliphatic rings. The van der Waals surface area contributed by atoms with Crippen molar-refractivity contribution in [3.05, 3.63) is 58.7 Å². The van der Waals surface area contributed by atoms with Gasteiger partial charge in [-0.15, -0.1) is 0 Å². The van der Waals surface area contributed by atoms with Crippen molar-refractivity contribution in [2.75, 3.05) is 33.0 Å². The monoisotopic (exact) mass is 366 g/mol. The van der Waals surface area contributed by atoms with E-state index in [0.29, 0.717) is 48.8 Å². The Morgan fingerprint density at radius 1 is 0.741 bits per heavy atom. The van der Waals surface area contributed by atoms with Gasteiger partial charge >= 0.3 is 0 Å². The third-order valence-corrected chi connectivity index (χ3v) is 5.23. The number of rotatable bonds is 2. The standard InChI is InChI=1S/C21H22N2O4/c1-14-3-4-16(11-15(14)2)20(24)22-7-9-23(10-8-22)21(25)17-5-6-18-19(12-17)27-13-26-18/h3-6,11-12H,7-10,13H2,1-2H3. The molecule has 6 heteroatoms. The third kappa shape index (κ3) is 3.35. The lowest BCUT2D eigenvalue weighted by Crippen LogP contribution is -2.50. The van der Waals surface area contributed by atoms with Gasteiger partial charge in [0.25, 0.3) is 11.8 Å². The molecule has 4 rings (SSSR count). The lowest BCUT2D eigenvalue weighted by molar-refractivity contribution is 0.0535. The van der Waals surface area contributed by atoms with Gasteiger partial charge in [0, 0.05) is 37.3 Å². The van der Waals surface area contributed by atoms with Crippen molar-refractivity contribution in [2.45, 2.75) is 13.8 Å². The first-order valence-corrected chi connectivity index (χ1v) is 9.08. The van der Waals surface area contributed by atoms with E-state index in [-0.39, 0.29) is 18.6 Å². The molecule has 140 valence electrons. The zero-order valence-corrected chi connectivity index (χ0v) is 15.5. The van der Waals surface area contributed by atoms with Crippen LogP contribution in [0.4, 0.5) is 0 Å². The van der Waals surface area contributed by atoms with Crippen molar-refractivity contribution in [1.82, 2.24) is 9.80 Å². The highest BCUT2D eigenvalue weighted by atomic mass is 16.7. The Hall–Kier alpha value is -3.02.